The van der Waals surface area contributed by atoms with Crippen LogP contribution in [0.2, 0.25) is 0 Å². The maximum absolute atomic E-state index is 12.9. The Morgan fingerprint density at radius 3 is 2.33 bits per heavy atom. The molecule has 1 saturated heterocycles. The van der Waals surface area contributed by atoms with E-state index in [1.54, 1.807) is 12.1 Å². The quantitative estimate of drug-likeness (QED) is 0.725. The number of piperazine rings is 1. The van der Waals surface area contributed by atoms with E-state index in [1.165, 1.54) is 12.1 Å². The van der Waals surface area contributed by atoms with E-state index in [9.17, 15) is 9.18 Å². The second-order valence-corrected chi connectivity index (χ2v) is 6.69. The first-order chi connectivity index (χ1) is 13.2. The molecule has 5 nitrogen and oxygen atoms in total. The number of halogens is 1. The van der Waals surface area contributed by atoms with E-state index < -0.39 is 0 Å². The van der Waals surface area contributed by atoms with Gasteiger partial charge < -0.3 is 15.0 Å². The number of benzene rings is 2. The predicted molar refractivity (Wildman–Crippen MR) is 104 cm³/mol. The lowest BCUT2D eigenvalue weighted by Gasteiger charge is -2.34. The van der Waals surface area contributed by atoms with Crippen molar-refractivity contribution in [1.29, 1.82) is 0 Å². The Kier molecular flexibility index (Phi) is 7.19. The Balaban J connectivity index is 1.29. The molecular formula is C21H26FN3O2. The van der Waals surface area contributed by atoms with Crippen LogP contribution < -0.4 is 10.1 Å². The average Bonchev–Trinajstić information content (AvgIpc) is 2.69. The van der Waals surface area contributed by atoms with E-state index in [-0.39, 0.29) is 11.7 Å². The highest BCUT2D eigenvalue weighted by Gasteiger charge is 2.18. The van der Waals surface area contributed by atoms with Gasteiger partial charge in [-0.15, -0.1) is 0 Å². The van der Waals surface area contributed by atoms with E-state index in [0.717, 1.165) is 44.9 Å². The molecule has 1 aliphatic heterocycles. The summed E-state index contributed by atoms with van der Waals surface area (Å²) in [6.45, 7) is 5.73. The molecule has 0 bridgehead atoms. The molecule has 2 aromatic rings. The smallest absolute Gasteiger partial charge is 0.238 e. The second-order valence-electron chi connectivity index (χ2n) is 6.69. The lowest BCUT2D eigenvalue weighted by Crippen LogP contribution is -2.48. The molecule has 1 heterocycles. The van der Waals surface area contributed by atoms with Crippen molar-refractivity contribution in [3.63, 3.8) is 0 Å². The van der Waals surface area contributed by atoms with Crippen LogP contribution in [-0.4, -0.2) is 61.6 Å². The summed E-state index contributed by atoms with van der Waals surface area (Å²) in [7, 11) is 0. The normalized spacial score (nSPS) is 15.4. The second kappa shape index (κ2) is 10.0. The third-order valence-electron chi connectivity index (χ3n) is 4.59. The van der Waals surface area contributed by atoms with Gasteiger partial charge in [0.2, 0.25) is 5.91 Å². The molecule has 6 heteroatoms. The first-order valence-electron chi connectivity index (χ1n) is 9.37. The molecule has 1 amide bonds. The van der Waals surface area contributed by atoms with Crippen LogP contribution in [0.15, 0.2) is 54.6 Å². The van der Waals surface area contributed by atoms with Gasteiger partial charge in [-0.2, -0.15) is 0 Å². The molecule has 1 N–H and O–H groups in total. The highest BCUT2D eigenvalue weighted by molar-refractivity contribution is 5.92. The Morgan fingerprint density at radius 1 is 0.963 bits per heavy atom. The summed E-state index contributed by atoms with van der Waals surface area (Å²) in [4.78, 5) is 16.7. The Morgan fingerprint density at radius 2 is 1.63 bits per heavy atom. The summed E-state index contributed by atoms with van der Waals surface area (Å²) < 4.78 is 18.6. The van der Waals surface area contributed by atoms with Crippen molar-refractivity contribution in [3.05, 3.63) is 60.4 Å². The Bertz CT molecular complexity index is 701. The van der Waals surface area contributed by atoms with Crippen molar-refractivity contribution in [2.75, 3.05) is 51.2 Å². The van der Waals surface area contributed by atoms with Crippen molar-refractivity contribution in [2.24, 2.45) is 0 Å². The third-order valence-corrected chi connectivity index (χ3v) is 4.59. The molecule has 1 fully saturated rings. The van der Waals surface area contributed by atoms with Crippen molar-refractivity contribution in [2.45, 2.75) is 6.42 Å². The zero-order chi connectivity index (χ0) is 18.9. The van der Waals surface area contributed by atoms with Gasteiger partial charge in [0, 0.05) is 38.4 Å². The van der Waals surface area contributed by atoms with E-state index in [4.69, 9.17) is 4.74 Å². The standard InChI is InChI=1S/C21H26FN3O2/c22-18-7-9-19(10-8-18)23-21(26)17-25-14-12-24(13-15-25)11-4-16-27-20-5-2-1-3-6-20/h1-3,5-10H,4,11-17H2,(H,23,26). The molecule has 0 aliphatic carbocycles. The van der Waals surface area contributed by atoms with Gasteiger partial charge in [-0.1, -0.05) is 18.2 Å². The molecule has 3 rings (SSSR count). The molecule has 2 aromatic carbocycles. The van der Waals surface area contributed by atoms with Gasteiger partial charge in [0.25, 0.3) is 0 Å². The number of carbonyl (C=O) groups excluding carboxylic acids is 1. The number of hydrogen-bond donors (Lipinski definition) is 1. The van der Waals surface area contributed by atoms with Crippen molar-refractivity contribution in [3.8, 4) is 5.75 Å². The Labute approximate surface area is 159 Å². The molecule has 0 atom stereocenters. The van der Waals surface area contributed by atoms with Crippen molar-refractivity contribution < 1.29 is 13.9 Å². The monoisotopic (exact) mass is 371 g/mol. The van der Waals surface area contributed by atoms with E-state index in [1.807, 2.05) is 30.3 Å². The van der Waals surface area contributed by atoms with Gasteiger partial charge in [-0.25, -0.2) is 4.39 Å². The summed E-state index contributed by atoms with van der Waals surface area (Å²) in [6.07, 6.45) is 0.986. The highest BCUT2D eigenvalue weighted by Crippen LogP contribution is 2.10. The summed E-state index contributed by atoms with van der Waals surface area (Å²) >= 11 is 0. The number of hydrogen-bond acceptors (Lipinski definition) is 4. The van der Waals surface area contributed by atoms with Crippen LogP contribution in [-0.2, 0) is 4.79 Å². The van der Waals surface area contributed by atoms with E-state index in [2.05, 4.69) is 15.1 Å². The fraction of sp³-hybridized carbons (Fsp3) is 0.381. The van der Waals surface area contributed by atoms with Crippen LogP contribution in [0.1, 0.15) is 6.42 Å². The van der Waals surface area contributed by atoms with Gasteiger partial charge in [-0.3, -0.25) is 9.69 Å². The Hall–Kier alpha value is -2.44. The zero-order valence-electron chi connectivity index (χ0n) is 15.4. The van der Waals surface area contributed by atoms with E-state index >= 15 is 0 Å². The first kappa shape index (κ1) is 19.3. The maximum Gasteiger partial charge on any atom is 0.238 e. The molecule has 27 heavy (non-hydrogen) atoms. The third kappa shape index (κ3) is 6.66. The van der Waals surface area contributed by atoms with E-state index in [0.29, 0.717) is 18.8 Å². The number of nitrogens with one attached hydrogen (secondary N) is 1. The lowest BCUT2D eigenvalue weighted by atomic mass is 10.2. The van der Waals surface area contributed by atoms with Gasteiger partial charge in [-0.05, 0) is 42.8 Å². The van der Waals surface area contributed by atoms with Crippen LogP contribution in [0.3, 0.4) is 0 Å². The number of ether oxygens (including phenoxy) is 1. The molecule has 0 radical (unpaired) electrons. The molecule has 0 aromatic heterocycles. The minimum Gasteiger partial charge on any atom is -0.494 e. The number of nitrogens with zero attached hydrogens (tertiary/aromatic N) is 2. The largest absolute Gasteiger partial charge is 0.494 e. The molecule has 144 valence electrons. The highest BCUT2D eigenvalue weighted by atomic mass is 19.1. The number of carbonyl (C=O) groups is 1. The molecule has 0 unspecified atom stereocenters. The van der Waals surface area contributed by atoms with Crippen LogP contribution in [0, 0.1) is 5.82 Å². The lowest BCUT2D eigenvalue weighted by molar-refractivity contribution is -0.117. The number of anilines is 1. The van der Waals surface area contributed by atoms with Gasteiger partial charge >= 0.3 is 0 Å². The summed E-state index contributed by atoms with van der Waals surface area (Å²) in [6, 6.07) is 15.7. The van der Waals surface area contributed by atoms with Gasteiger partial charge in [0.05, 0.1) is 13.2 Å². The van der Waals surface area contributed by atoms with Gasteiger partial charge in [0.1, 0.15) is 11.6 Å². The number of amides is 1. The number of para-hydroxylation sites is 1. The fourth-order valence-electron chi connectivity index (χ4n) is 3.10. The first-order valence-corrected chi connectivity index (χ1v) is 9.37. The topological polar surface area (TPSA) is 44.8 Å². The maximum atomic E-state index is 12.9. The summed E-state index contributed by atoms with van der Waals surface area (Å²) in [5.41, 5.74) is 0.624. The van der Waals surface area contributed by atoms with Crippen LogP contribution in [0.25, 0.3) is 0 Å². The zero-order valence-corrected chi connectivity index (χ0v) is 15.4. The molecule has 0 spiro atoms. The van der Waals surface area contributed by atoms with Gasteiger partial charge in [0.15, 0.2) is 0 Å². The van der Waals surface area contributed by atoms with Crippen LogP contribution in [0.4, 0.5) is 10.1 Å². The number of rotatable bonds is 8. The summed E-state index contributed by atoms with van der Waals surface area (Å²) in [5.74, 6) is 0.541. The van der Waals surface area contributed by atoms with Crippen LogP contribution in [0.5, 0.6) is 5.75 Å². The fourth-order valence-corrected chi connectivity index (χ4v) is 3.10. The minimum absolute atomic E-state index is 0.0636. The predicted octanol–water partition coefficient (Wildman–Crippen LogP) is 2.85. The van der Waals surface area contributed by atoms with Crippen molar-refractivity contribution >= 4 is 11.6 Å². The molecular weight excluding hydrogens is 345 g/mol. The molecule has 1 aliphatic rings. The van der Waals surface area contributed by atoms with Crippen molar-refractivity contribution in [1.82, 2.24) is 9.80 Å². The average molecular weight is 371 g/mol. The minimum atomic E-state index is -0.307. The summed E-state index contributed by atoms with van der Waals surface area (Å²) in [5, 5.41) is 2.81. The SMILES string of the molecule is O=C(CN1CCN(CCCOc2ccccc2)CC1)Nc1ccc(F)cc1. The molecule has 0 saturated carbocycles. The van der Waals surface area contributed by atoms with Crippen LogP contribution >= 0.6 is 0 Å².